The predicted molar refractivity (Wildman–Crippen MR) is 76.4 cm³/mol. The molecule has 1 heterocycles. The fourth-order valence-corrected chi connectivity index (χ4v) is 4.61. The Bertz CT molecular complexity index is 470. The highest BCUT2D eigenvalue weighted by molar-refractivity contribution is 7.13. The van der Waals surface area contributed by atoms with Crippen molar-refractivity contribution in [2.75, 3.05) is 7.05 Å². The van der Waals surface area contributed by atoms with Crippen LogP contribution in [0, 0.1) is 18.8 Å². The van der Waals surface area contributed by atoms with Crippen LogP contribution in [0.4, 0.5) is 0 Å². The zero-order valence-electron chi connectivity index (χ0n) is 11.5. The minimum atomic E-state index is -0.100. The lowest BCUT2D eigenvalue weighted by Crippen LogP contribution is -2.35. The molecule has 3 nitrogen and oxygen atoms in total. The molecule has 1 aromatic heterocycles. The van der Waals surface area contributed by atoms with Gasteiger partial charge in [0, 0.05) is 18.0 Å². The molecule has 2 unspecified atom stereocenters. The van der Waals surface area contributed by atoms with Crippen LogP contribution >= 0.6 is 11.3 Å². The summed E-state index contributed by atoms with van der Waals surface area (Å²) in [5.41, 5.74) is 0. The zero-order chi connectivity index (χ0) is 13.6. The molecule has 4 atom stereocenters. The summed E-state index contributed by atoms with van der Waals surface area (Å²) < 4.78 is 0. The second-order valence-electron chi connectivity index (χ2n) is 6.10. The van der Waals surface area contributed by atoms with Crippen LogP contribution in [-0.2, 0) is 0 Å². The lowest BCUT2D eigenvalue weighted by Gasteiger charge is -2.25. The van der Waals surface area contributed by atoms with Gasteiger partial charge in [-0.1, -0.05) is 0 Å². The molecule has 2 aliphatic carbocycles. The summed E-state index contributed by atoms with van der Waals surface area (Å²) in [6.45, 7) is 2.03. The molecule has 0 radical (unpaired) electrons. The number of nitrogens with zero attached hydrogens (tertiary/aromatic N) is 1. The van der Waals surface area contributed by atoms with Gasteiger partial charge in [-0.15, -0.1) is 11.3 Å². The number of rotatable bonds is 2. The molecule has 104 valence electrons. The fourth-order valence-electron chi connectivity index (χ4n) is 3.76. The summed E-state index contributed by atoms with van der Waals surface area (Å²) in [5, 5.41) is 9.67. The van der Waals surface area contributed by atoms with Crippen LogP contribution in [0.5, 0.6) is 0 Å². The van der Waals surface area contributed by atoms with Crippen molar-refractivity contribution in [3.63, 3.8) is 0 Å². The molecule has 1 aromatic rings. The first-order chi connectivity index (χ1) is 9.04. The molecule has 1 N–H and O–H groups in total. The van der Waals surface area contributed by atoms with Crippen LogP contribution < -0.4 is 0 Å². The molecule has 2 aliphatic rings. The quantitative estimate of drug-likeness (QED) is 0.904. The van der Waals surface area contributed by atoms with Crippen molar-refractivity contribution in [2.24, 2.45) is 11.8 Å². The van der Waals surface area contributed by atoms with Gasteiger partial charge < -0.3 is 10.0 Å². The second-order valence-corrected chi connectivity index (χ2v) is 7.38. The van der Waals surface area contributed by atoms with Crippen LogP contribution in [0.15, 0.2) is 12.1 Å². The highest BCUT2D eigenvalue weighted by atomic mass is 32.1. The van der Waals surface area contributed by atoms with E-state index in [4.69, 9.17) is 0 Å². The van der Waals surface area contributed by atoms with E-state index in [2.05, 4.69) is 0 Å². The highest BCUT2D eigenvalue weighted by Gasteiger charge is 2.43. The number of thiophene rings is 1. The number of aryl methyl sites for hydroxylation is 1. The Morgan fingerprint density at radius 2 is 1.89 bits per heavy atom. The minimum absolute atomic E-state index is 0.100. The fraction of sp³-hybridized carbons (Fsp3) is 0.667. The third-order valence-corrected chi connectivity index (χ3v) is 5.77. The zero-order valence-corrected chi connectivity index (χ0v) is 12.3. The average molecular weight is 279 g/mol. The predicted octanol–water partition coefficient (Wildman–Crippen LogP) is 2.68. The number of hydrogen-bond acceptors (Lipinski definition) is 3. The first kappa shape index (κ1) is 13.1. The summed E-state index contributed by atoms with van der Waals surface area (Å²) in [5.74, 6) is 1.41. The lowest BCUT2D eigenvalue weighted by atomic mass is 10.0. The molecule has 19 heavy (non-hydrogen) atoms. The lowest BCUT2D eigenvalue weighted by molar-refractivity contribution is 0.0727. The van der Waals surface area contributed by atoms with E-state index in [9.17, 15) is 9.90 Å². The maximum Gasteiger partial charge on any atom is 0.263 e. The van der Waals surface area contributed by atoms with Gasteiger partial charge in [0.05, 0.1) is 11.0 Å². The summed E-state index contributed by atoms with van der Waals surface area (Å²) in [4.78, 5) is 16.4. The molecule has 1 amide bonds. The number of carbonyl (C=O) groups is 1. The molecule has 2 saturated carbocycles. The van der Waals surface area contributed by atoms with Crippen molar-refractivity contribution >= 4 is 17.2 Å². The Morgan fingerprint density at radius 3 is 2.42 bits per heavy atom. The molecule has 0 spiro atoms. The standard InChI is InChI=1S/C15H21NO2S/c1-9-3-4-14(19-9)15(18)16(2)12-5-10-7-13(17)8-11(10)6-12/h3-4,10-13,17H,5-8H2,1-2H3/t10-,11+,12?,13?. The normalized spacial score (nSPS) is 33.4. The first-order valence-corrected chi connectivity index (χ1v) is 7.88. The van der Waals surface area contributed by atoms with Crippen LogP contribution in [0.2, 0.25) is 0 Å². The van der Waals surface area contributed by atoms with Gasteiger partial charge in [-0.25, -0.2) is 0 Å². The average Bonchev–Trinajstić information content (AvgIpc) is 3.01. The summed E-state index contributed by atoms with van der Waals surface area (Å²) in [6, 6.07) is 4.29. The summed E-state index contributed by atoms with van der Waals surface area (Å²) >= 11 is 1.57. The van der Waals surface area contributed by atoms with Crippen molar-refractivity contribution in [3.05, 3.63) is 21.9 Å². The number of aliphatic hydroxyl groups is 1. The van der Waals surface area contributed by atoms with Crippen molar-refractivity contribution in [2.45, 2.75) is 44.8 Å². The smallest absolute Gasteiger partial charge is 0.263 e. The SMILES string of the molecule is Cc1ccc(C(=O)N(C)C2C[C@H]3CC(O)C[C@H]3C2)s1. The Hall–Kier alpha value is -0.870. The Morgan fingerprint density at radius 1 is 1.26 bits per heavy atom. The van der Waals surface area contributed by atoms with Crippen molar-refractivity contribution < 1.29 is 9.90 Å². The van der Waals surface area contributed by atoms with Crippen LogP contribution in [0.25, 0.3) is 0 Å². The Kier molecular flexibility index (Phi) is 3.39. The molecular weight excluding hydrogens is 258 g/mol. The van der Waals surface area contributed by atoms with E-state index in [1.54, 1.807) is 11.3 Å². The van der Waals surface area contributed by atoms with Gasteiger partial charge in [-0.05, 0) is 56.6 Å². The van der Waals surface area contributed by atoms with Gasteiger partial charge >= 0.3 is 0 Å². The Labute approximate surface area is 118 Å². The first-order valence-electron chi connectivity index (χ1n) is 7.06. The van der Waals surface area contributed by atoms with Gasteiger partial charge in [0.1, 0.15) is 0 Å². The van der Waals surface area contributed by atoms with E-state index < -0.39 is 0 Å². The van der Waals surface area contributed by atoms with Crippen LogP contribution in [0.3, 0.4) is 0 Å². The van der Waals surface area contributed by atoms with Crippen LogP contribution in [-0.4, -0.2) is 35.1 Å². The van der Waals surface area contributed by atoms with E-state index in [0.717, 1.165) is 30.6 Å². The Balaban J connectivity index is 1.66. The number of fused-ring (bicyclic) bond motifs is 1. The molecule has 0 saturated heterocycles. The third kappa shape index (κ3) is 2.43. The number of aliphatic hydroxyl groups excluding tert-OH is 1. The minimum Gasteiger partial charge on any atom is -0.393 e. The van der Waals surface area contributed by atoms with Gasteiger partial charge in [-0.3, -0.25) is 4.79 Å². The molecule has 3 rings (SSSR count). The highest BCUT2D eigenvalue weighted by Crippen LogP contribution is 2.45. The second kappa shape index (κ2) is 4.91. The molecule has 0 bridgehead atoms. The van der Waals surface area contributed by atoms with Crippen molar-refractivity contribution in [1.29, 1.82) is 0 Å². The number of hydrogen-bond donors (Lipinski definition) is 1. The molecular formula is C15H21NO2S. The number of carbonyl (C=O) groups excluding carboxylic acids is 1. The van der Waals surface area contributed by atoms with E-state index in [0.29, 0.717) is 17.9 Å². The van der Waals surface area contributed by atoms with E-state index in [1.807, 2.05) is 31.0 Å². The topological polar surface area (TPSA) is 40.5 Å². The molecule has 2 fully saturated rings. The van der Waals surface area contributed by atoms with Crippen molar-refractivity contribution in [1.82, 2.24) is 4.90 Å². The molecule has 0 aliphatic heterocycles. The monoisotopic (exact) mass is 279 g/mol. The van der Waals surface area contributed by atoms with E-state index in [1.165, 1.54) is 4.88 Å². The van der Waals surface area contributed by atoms with Crippen LogP contribution in [0.1, 0.15) is 40.2 Å². The summed E-state index contributed by atoms with van der Waals surface area (Å²) in [6.07, 6.45) is 3.89. The molecule has 0 aromatic carbocycles. The largest absolute Gasteiger partial charge is 0.393 e. The summed E-state index contributed by atoms with van der Waals surface area (Å²) in [7, 11) is 1.93. The third-order valence-electron chi connectivity index (χ3n) is 4.79. The van der Waals surface area contributed by atoms with Gasteiger partial charge in [0.2, 0.25) is 0 Å². The molecule has 4 heteroatoms. The van der Waals surface area contributed by atoms with Gasteiger partial charge in [-0.2, -0.15) is 0 Å². The van der Waals surface area contributed by atoms with Gasteiger partial charge in [0.25, 0.3) is 5.91 Å². The number of amides is 1. The van der Waals surface area contributed by atoms with E-state index in [-0.39, 0.29) is 12.0 Å². The van der Waals surface area contributed by atoms with Gasteiger partial charge in [0.15, 0.2) is 0 Å². The van der Waals surface area contributed by atoms with Crippen molar-refractivity contribution in [3.8, 4) is 0 Å². The maximum atomic E-state index is 12.4. The van der Waals surface area contributed by atoms with E-state index >= 15 is 0 Å². The maximum absolute atomic E-state index is 12.4.